The minimum absolute atomic E-state index is 0.0799. The fourth-order valence-corrected chi connectivity index (χ4v) is 0.179. The van der Waals surface area contributed by atoms with E-state index in [1.165, 1.54) is 0 Å². The topological polar surface area (TPSA) is 74.6 Å². The van der Waals surface area contributed by atoms with Gasteiger partial charge in [0.15, 0.2) is 0 Å². The van der Waals surface area contributed by atoms with E-state index in [0.29, 0.717) is 6.42 Å². The van der Waals surface area contributed by atoms with Crippen molar-refractivity contribution in [2.75, 3.05) is 0 Å². The van der Waals surface area contributed by atoms with E-state index in [0.717, 1.165) is 6.08 Å². The molecule has 4 nitrogen and oxygen atoms in total. The summed E-state index contributed by atoms with van der Waals surface area (Å²) in [5.74, 6) is 0.401. The maximum absolute atomic E-state index is 9.66. The molecule has 0 heterocycles. The van der Waals surface area contributed by atoms with E-state index < -0.39 is 11.9 Å². The van der Waals surface area contributed by atoms with Gasteiger partial charge in [-0.3, -0.25) is 4.79 Å². The zero-order valence-electron chi connectivity index (χ0n) is 6.49. The average molecular weight is 170 g/mol. The molecule has 0 amide bonds. The van der Waals surface area contributed by atoms with Crippen molar-refractivity contribution in [3.8, 4) is 12.3 Å². The number of carboxylic acid groups (broad SMARTS) is 2. The van der Waals surface area contributed by atoms with Crippen molar-refractivity contribution in [3.05, 3.63) is 12.7 Å². The Labute approximate surface area is 70.5 Å². The molecule has 4 heteroatoms. The van der Waals surface area contributed by atoms with Gasteiger partial charge in [-0.25, -0.2) is 4.79 Å². The highest BCUT2D eigenvalue weighted by atomic mass is 16.4. The first-order valence-corrected chi connectivity index (χ1v) is 3.05. The van der Waals surface area contributed by atoms with Crippen molar-refractivity contribution >= 4 is 11.9 Å². The molecule has 0 spiro atoms. The number of rotatable bonds is 3. The van der Waals surface area contributed by atoms with Gasteiger partial charge in [0.2, 0.25) is 0 Å². The monoisotopic (exact) mass is 170 g/mol. The molecule has 0 aromatic carbocycles. The molecular formula is C8H10O4. The van der Waals surface area contributed by atoms with Gasteiger partial charge in [0.1, 0.15) is 0 Å². The fraction of sp³-hybridized carbons (Fsp3) is 0.250. The molecule has 0 unspecified atom stereocenters. The number of terminal acetylenes is 1. The predicted molar refractivity (Wildman–Crippen MR) is 43.5 cm³/mol. The van der Waals surface area contributed by atoms with E-state index >= 15 is 0 Å². The number of carbonyl (C=O) groups is 2. The van der Waals surface area contributed by atoms with Crippen LogP contribution < -0.4 is 0 Å². The summed E-state index contributed by atoms with van der Waals surface area (Å²) in [6, 6.07) is 0. The van der Waals surface area contributed by atoms with Gasteiger partial charge in [-0.1, -0.05) is 6.58 Å². The molecule has 0 saturated heterocycles. The largest absolute Gasteiger partial charge is 0.481 e. The molecule has 12 heavy (non-hydrogen) atoms. The number of hydrogen-bond acceptors (Lipinski definition) is 2. The molecule has 0 fully saturated rings. The van der Waals surface area contributed by atoms with E-state index in [-0.39, 0.29) is 6.42 Å². The highest BCUT2D eigenvalue weighted by Crippen LogP contribution is 1.82. The van der Waals surface area contributed by atoms with Gasteiger partial charge in [-0.05, 0) is 0 Å². The highest BCUT2D eigenvalue weighted by molar-refractivity contribution is 5.78. The fourth-order valence-electron chi connectivity index (χ4n) is 0.179. The standard InChI is InChI=1S/C5H6O2.C3H4O2/c1-2-3-4-5(6)7;1-2-3(4)5/h1H,3-4H2,(H,6,7);2H,1H2,(H,4,5). The lowest BCUT2D eigenvalue weighted by Crippen LogP contribution is -1.91. The van der Waals surface area contributed by atoms with Crippen LogP contribution in [0.4, 0.5) is 0 Å². The third-order valence-electron chi connectivity index (χ3n) is 0.658. The number of hydrogen-bond donors (Lipinski definition) is 2. The quantitative estimate of drug-likeness (QED) is 0.484. The molecule has 0 aromatic rings. The summed E-state index contributed by atoms with van der Waals surface area (Å²) < 4.78 is 0. The Morgan fingerprint density at radius 2 is 1.92 bits per heavy atom. The second kappa shape index (κ2) is 9.24. The van der Waals surface area contributed by atoms with Gasteiger partial charge < -0.3 is 10.2 Å². The van der Waals surface area contributed by atoms with Crippen LogP contribution in [0.25, 0.3) is 0 Å². The Bertz CT molecular complexity index is 200. The molecule has 0 rings (SSSR count). The SMILES string of the molecule is C#CCCC(=O)O.C=CC(=O)O. The minimum Gasteiger partial charge on any atom is -0.481 e. The molecule has 0 aliphatic rings. The van der Waals surface area contributed by atoms with Crippen molar-refractivity contribution in [1.29, 1.82) is 0 Å². The molecule has 0 aromatic heterocycles. The van der Waals surface area contributed by atoms with Crippen molar-refractivity contribution in [2.24, 2.45) is 0 Å². The van der Waals surface area contributed by atoms with Crippen LogP contribution in [0.15, 0.2) is 12.7 Å². The van der Waals surface area contributed by atoms with Crippen LogP contribution in [-0.2, 0) is 9.59 Å². The maximum Gasteiger partial charge on any atom is 0.327 e. The molecule has 0 bridgehead atoms. The van der Waals surface area contributed by atoms with Crippen molar-refractivity contribution in [2.45, 2.75) is 12.8 Å². The number of aliphatic carboxylic acids is 2. The molecule has 0 atom stereocenters. The average Bonchev–Trinajstić information content (AvgIpc) is 2.02. The summed E-state index contributed by atoms with van der Waals surface area (Å²) in [5, 5.41) is 15.6. The Morgan fingerprint density at radius 1 is 1.50 bits per heavy atom. The molecule has 2 N–H and O–H groups in total. The Morgan fingerprint density at radius 3 is 2.00 bits per heavy atom. The summed E-state index contributed by atoms with van der Waals surface area (Å²) in [6.07, 6.45) is 6.01. The lowest BCUT2D eigenvalue weighted by molar-refractivity contribution is -0.137. The molecule has 0 saturated carbocycles. The minimum atomic E-state index is -0.981. The first-order valence-electron chi connectivity index (χ1n) is 3.05. The molecule has 0 aliphatic heterocycles. The summed E-state index contributed by atoms with van der Waals surface area (Å²) in [6.45, 7) is 2.96. The van der Waals surface area contributed by atoms with E-state index in [1.807, 2.05) is 0 Å². The van der Waals surface area contributed by atoms with Crippen LogP contribution in [0, 0.1) is 12.3 Å². The predicted octanol–water partition coefficient (Wildman–Crippen LogP) is 0.741. The first-order chi connectivity index (χ1) is 5.54. The Kier molecular flexibility index (Phi) is 9.91. The maximum atomic E-state index is 9.66. The third-order valence-corrected chi connectivity index (χ3v) is 0.658. The van der Waals surface area contributed by atoms with Crippen LogP contribution >= 0.6 is 0 Å². The summed E-state index contributed by atoms with van der Waals surface area (Å²) in [4.78, 5) is 18.9. The van der Waals surface area contributed by atoms with E-state index in [2.05, 4.69) is 12.5 Å². The van der Waals surface area contributed by atoms with Crippen LogP contribution in [0.1, 0.15) is 12.8 Å². The van der Waals surface area contributed by atoms with Crippen LogP contribution in [0.2, 0.25) is 0 Å². The Balaban J connectivity index is 0. The van der Waals surface area contributed by atoms with Crippen LogP contribution in [0.5, 0.6) is 0 Å². The smallest absolute Gasteiger partial charge is 0.327 e. The van der Waals surface area contributed by atoms with Crippen molar-refractivity contribution < 1.29 is 19.8 Å². The second-order valence-corrected chi connectivity index (χ2v) is 1.64. The lowest BCUT2D eigenvalue weighted by atomic mass is 10.3. The third kappa shape index (κ3) is 24.0. The molecular weight excluding hydrogens is 160 g/mol. The van der Waals surface area contributed by atoms with Gasteiger partial charge in [0, 0.05) is 12.5 Å². The van der Waals surface area contributed by atoms with Gasteiger partial charge >= 0.3 is 11.9 Å². The van der Waals surface area contributed by atoms with E-state index in [9.17, 15) is 9.59 Å². The van der Waals surface area contributed by atoms with Gasteiger partial charge in [-0.15, -0.1) is 12.3 Å². The van der Waals surface area contributed by atoms with E-state index in [1.54, 1.807) is 0 Å². The van der Waals surface area contributed by atoms with E-state index in [4.69, 9.17) is 16.6 Å². The summed E-state index contributed by atoms with van der Waals surface area (Å²) >= 11 is 0. The van der Waals surface area contributed by atoms with Gasteiger partial charge in [-0.2, -0.15) is 0 Å². The van der Waals surface area contributed by atoms with Crippen molar-refractivity contribution in [1.82, 2.24) is 0 Å². The zero-order valence-corrected chi connectivity index (χ0v) is 6.49. The van der Waals surface area contributed by atoms with Crippen LogP contribution in [0.3, 0.4) is 0 Å². The molecule has 66 valence electrons. The lowest BCUT2D eigenvalue weighted by Gasteiger charge is -1.80. The molecule has 0 aliphatic carbocycles. The Hall–Kier alpha value is -1.76. The second-order valence-electron chi connectivity index (χ2n) is 1.64. The van der Waals surface area contributed by atoms with Gasteiger partial charge in [0.25, 0.3) is 0 Å². The summed E-state index contributed by atoms with van der Waals surface area (Å²) in [7, 11) is 0. The van der Waals surface area contributed by atoms with Crippen LogP contribution in [-0.4, -0.2) is 22.2 Å². The van der Waals surface area contributed by atoms with Crippen molar-refractivity contribution in [3.63, 3.8) is 0 Å². The molecule has 0 radical (unpaired) electrons. The zero-order chi connectivity index (χ0) is 9.98. The normalized spacial score (nSPS) is 6.92. The summed E-state index contributed by atoms with van der Waals surface area (Å²) in [5.41, 5.74) is 0. The highest BCUT2D eigenvalue weighted by Gasteiger charge is 1.89. The van der Waals surface area contributed by atoms with Gasteiger partial charge in [0.05, 0.1) is 6.42 Å². The first kappa shape index (κ1) is 12.9. The number of carboxylic acids is 2.